The van der Waals surface area contributed by atoms with Crippen LogP contribution in [0.2, 0.25) is 0 Å². The first-order chi connectivity index (χ1) is 14.9. The Hall–Kier alpha value is -2.88. The Bertz CT molecular complexity index is 1080. The lowest BCUT2D eigenvalue weighted by Gasteiger charge is -2.29. The molecule has 0 saturated carbocycles. The zero-order chi connectivity index (χ0) is 22.0. The molecule has 9 heteroatoms. The minimum absolute atomic E-state index is 0.102. The Labute approximate surface area is 184 Å². The molecule has 1 saturated heterocycles. The molecule has 1 aliphatic heterocycles. The van der Waals surface area contributed by atoms with E-state index in [4.69, 9.17) is 9.72 Å². The van der Waals surface area contributed by atoms with E-state index in [-0.39, 0.29) is 17.2 Å². The van der Waals surface area contributed by atoms with Crippen molar-refractivity contribution in [3.8, 4) is 0 Å². The zero-order valence-corrected chi connectivity index (χ0v) is 18.4. The number of nitro benzene ring substituents is 1. The van der Waals surface area contributed by atoms with Crippen molar-refractivity contribution in [3.63, 3.8) is 0 Å². The lowest BCUT2D eigenvalue weighted by molar-refractivity contribution is -0.384. The van der Waals surface area contributed by atoms with Gasteiger partial charge in [-0.1, -0.05) is 17.4 Å². The Morgan fingerprint density at radius 2 is 1.97 bits per heavy atom. The number of anilines is 1. The van der Waals surface area contributed by atoms with Crippen molar-refractivity contribution in [1.29, 1.82) is 0 Å². The number of hydrogen-bond donors (Lipinski definition) is 0. The highest BCUT2D eigenvalue weighted by atomic mass is 32.1. The van der Waals surface area contributed by atoms with Crippen LogP contribution in [0.3, 0.4) is 0 Å². The molecule has 0 N–H and O–H groups in total. The number of non-ortho nitro benzene ring substituents is 1. The van der Waals surface area contributed by atoms with Crippen molar-refractivity contribution in [2.24, 2.45) is 0 Å². The largest absolute Gasteiger partial charge is 0.379 e. The van der Waals surface area contributed by atoms with E-state index in [1.54, 1.807) is 11.0 Å². The molecule has 0 bridgehead atoms. The summed E-state index contributed by atoms with van der Waals surface area (Å²) in [6.45, 7) is 8.21. The fraction of sp³-hybridized carbons (Fsp3) is 0.364. The van der Waals surface area contributed by atoms with Crippen LogP contribution in [0.25, 0.3) is 10.2 Å². The monoisotopic (exact) mass is 440 g/mol. The molecule has 0 atom stereocenters. The number of nitrogens with zero attached hydrogens (tertiary/aromatic N) is 4. The van der Waals surface area contributed by atoms with Crippen LogP contribution in [0, 0.1) is 24.0 Å². The lowest BCUT2D eigenvalue weighted by Crippen LogP contribution is -2.43. The highest BCUT2D eigenvalue weighted by molar-refractivity contribution is 7.22. The number of benzene rings is 2. The maximum absolute atomic E-state index is 13.4. The topological polar surface area (TPSA) is 88.8 Å². The summed E-state index contributed by atoms with van der Waals surface area (Å²) in [5.41, 5.74) is 3.35. The molecule has 0 radical (unpaired) electrons. The van der Waals surface area contributed by atoms with Gasteiger partial charge in [-0.05, 0) is 43.2 Å². The van der Waals surface area contributed by atoms with Crippen LogP contribution in [0.1, 0.15) is 21.5 Å². The summed E-state index contributed by atoms with van der Waals surface area (Å²) < 4.78 is 6.42. The maximum Gasteiger partial charge on any atom is 0.270 e. The molecule has 0 spiro atoms. The molecule has 1 aliphatic rings. The summed E-state index contributed by atoms with van der Waals surface area (Å²) >= 11 is 1.47. The number of amides is 1. The van der Waals surface area contributed by atoms with Gasteiger partial charge >= 0.3 is 0 Å². The van der Waals surface area contributed by atoms with Gasteiger partial charge in [0, 0.05) is 43.9 Å². The standard InChI is InChI=1S/C22H24N4O4S/c1-15-12-19-20(13-16(15)2)31-22(23-19)25(7-6-24-8-10-30-11-9-24)21(27)17-4-3-5-18(14-17)26(28)29/h3-5,12-14H,6-11H2,1-2H3. The van der Waals surface area contributed by atoms with Crippen molar-refractivity contribution in [2.75, 3.05) is 44.3 Å². The van der Waals surface area contributed by atoms with Crippen molar-refractivity contribution in [1.82, 2.24) is 9.88 Å². The number of ether oxygens (including phenoxy) is 1. The number of carbonyl (C=O) groups is 1. The molecule has 2 aromatic carbocycles. The number of thiazole rings is 1. The lowest BCUT2D eigenvalue weighted by atomic mass is 10.1. The Balaban J connectivity index is 1.67. The highest BCUT2D eigenvalue weighted by Crippen LogP contribution is 2.32. The van der Waals surface area contributed by atoms with Gasteiger partial charge in [-0.2, -0.15) is 0 Å². The second kappa shape index (κ2) is 9.09. The second-order valence-corrected chi connectivity index (χ2v) is 8.63. The molecule has 4 rings (SSSR count). The molecular formula is C22H24N4O4S. The Kier molecular flexibility index (Phi) is 6.26. The second-order valence-electron chi connectivity index (χ2n) is 7.62. The normalized spacial score (nSPS) is 14.6. The van der Waals surface area contributed by atoms with Crippen molar-refractivity contribution in [3.05, 3.63) is 63.2 Å². The van der Waals surface area contributed by atoms with E-state index in [1.165, 1.54) is 35.1 Å². The third-order valence-corrected chi connectivity index (χ3v) is 6.56. The average Bonchev–Trinajstić information content (AvgIpc) is 3.17. The minimum atomic E-state index is -0.488. The first-order valence-corrected chi connectivity index (χ1v) is 11.0. The van der Waals surface area contributed by atoms with Crippen molar-refractivity contribution < 1.29 is 14.5 Å². The van der Waals surface area contributed by atoms with Gasteiger partial charge in [0.05, 0.1) is 28.4 Å². The van der Waals surface area contributed by atoms with Gasteiger partial charge in [-0.25, -0.2) is 4.98 Å². The molecular weight excluding hydrogens is 416 g/mol. The van der Waals surface area contributed by atoms with E-state index in [0.717, 1.165) is 28.9 Å². The Morgan fingerprint density at radius 1 is 1.23 bits per heavy atom. The van der Waals surface area contributed by atoms with Crippen LogP contribution in [-0.2, 0) is 4.74 Å². The summed E-state index contributed by atoms with van der Waals surface area (Å²) in [6, 6.07) is 9.98. The number of aromatic nitrogens is 1. The molecule has 162 valence electrons. The highest BCUT2D eigenvalue weighted by Gasteiger charge is 2.24. The Morgan fingerprint density at radius 3 is 2.71 bits per heavy atom. The molecule has 3 aromatic rings. The van der Waals surface area contributed by atoms with E-state index >= 15 is 0 Å². The number of fused-ring (bicyclic) bond motifs is 1. The number of aryl methyl sites for hydroxylation is 2. The van der Waals surface area contributed by atoms with Crippen molar-refractivity contribution >= 4 is 38.3 Å². The van der Waals surface area contributed by atoms with Crippen LogP contribution in [0.15, 0.2) is 36.4 Å². The molecule has 31 heavy (non-hydrogen) atoms. The summed E-state index contributed by atoms with van der Waals surface area (Å²) in [5.74, 6) is -0.288. The van der Waals surface area contributed by atoms with Crippen LogP contribution in [-0.4, -0.2) is 60.1 Å². The van der Waals surface area contributed by atoms with E-state index < -0.39 is 4.92 Å². The van der Waals surface area contributed by atoms with Crippen LogP contribution in [0.5, 0.6) is 0 Å². The van der Waals surface area contributed by atoms with Crippen LogP contribution in [0.4, 0.5) is 10.8 Å². The summed E-state index contributed by atoms with van der Waals surface area (Å²) in [4.78, 5) is 32.7. The van der Waals surface area contributed by atoms with Gasteiger partial charge in [0.1, 0.15) is 0 Å². The molecule has 0 aliphatic carbocycles. The number of nitro groups is 1. The number of hydrogen-bond acceptors (Lipinski definition) is 7. The molecule has 1 amide bonds. The third-order valence-electron chi connectivity index (χ3n) is 5.52. The SMILES string of the molecule is Cc1cc2nc(N(CCN3CCOCC3)C(=O)c3cccc([N+](=O)[O-])c3)sc2cc1C. The number of rotatable bonds is 6. The summed E-state index contributed by atoms with van der Waals surface area (Å²) in [5, 5.41) is 11.8. The molecule has 8 nitrogen and oxygen atoms in total. The van der Waals surface area contributed by atoms with Gasteiger partial charge in [-0.3, -0.25) is 24.7 Å². The van der Waals surface area contributed by atoms with E-state index in [2.05, 4.69) is 17.9 Å². The average molecular weight is 441 g/mol. The van der Waals surface area contributed by atoms with E-state index in [1.807, 2.05) is 13.0 Å². The van der Waals surface area contributed by atoms with E-state index in [9.17, 15) is 14.9 Å². The third kappa shape index (κ3) is 4.73. The first kappa shape index (κ1) is 21.4. The summed E-state index contributed by atoms with van der Waals surface area (Å²) in [7, 11) is 0. The smallest absolute Gasteiger partial charge is 0.270 e. The molecule has 1 fully saturated rings. The van der Waals surface area contributed by atoms with Gasteiger partial charge < -0.3 is 4.74 Å². The quantitative estimate of drug-likeness (QED) is 0.428. The molecule has 2 heterocycles. The fourth-order valence-corrected chi connectivity index (χ4v) is 4.61. The molecule has 1 aromatic heterocycles. The number of carbonyl (C=O) groups excluding carboxylic acids is 1. The van der Waals surface area contributed by atoms with Crippen molar-refractivity contribution in [2.45, 2.75) is 13.8 Å². The predicted molar refractivity (Wildman–Crippen MR) is 121 cm³/mol. The predicted octanol–water partition coefficient (Wildman–Crippen LogP) is 3.80. The van der Waals surface area contributed by atoms with E-state index in [0.29, 0.717) is 31.4 Å². The summed E-state index contributed by atoms with van der Waals surface area (Å²) in [6.07, 6.45) is 0. The van der Waals surface area contributed by atoms with Crippen LogP contribution < -0.4 is 4.90 Å². The molecule has 0 unspecified atom stereocenters. The van der Waals surface area contributed by atoms with Gasteiger partial charge in [-0.15, -0.1) is 0 Å². The van der Waals surface area contributed by atoms with Gasteiger partial charge in [0.25, 0.3) is 11.6 Å². The number of morpholine rings is 1. The van der Waals surface area contributed by atoms with Crippen LogP contribution >= 0.6 is 11.3 Å². The fourth-order valence-electron chi connectivity index (χ4n) is 3.54. The van der Waals surface area contributed by atoms with Gasteiger partial charge in [0.15, 0.2) is 5.13 Å². The minimum Gasteiger partial charge on any atom is -0.379 e. The zero-order valence-electron chi connectivity index (χ0n) is 17.5. The van der Waals surface area contributed by atoms with Gasteiger partial charge in [0.2, 0.25) is 0 Å². The maximum atomic E-state index is 13.4. The first-order valence-electron chi connectivity index (χ1n) is 10.2.